The molecule has 0 radical (unpaired) electrons. The number of nitrogens with two attached hydrogens (primary N) is 1. The molecule has 3 rings (SSSR count). The van der Waals surface area contributed by atoms with E-state index in [9.17, 15) is 9.90 Å². The van der Waals surface area contributed by atoms with E-state index in [1.165, 1.54) is 0 Å². The van der Waals surface area contributed by atoms with Crippen molar-refractivity contribution in [2.24, 2.45) is 0 Å². The van der Waals surface area contributed by atoms with Crippen LogP contribution >= 0.6 is 0 Å². The van der Waals surface area contributed by atoms with E-state index in [1.54, 1.807) is 0 Å². The maximum Gasteiger partial charge on any atom is 0.410 e. The van der Waals surface area contributed by atoms with Gasteiger partial charge >= 0.3 is 6.09 Å². The number of rotatable bonds is 2. The Bertz CT molecular complexity index is 612. The van der Waals surface area contributed by atoms with Gasteiger partial charge in [0.25, 0.3) is 0 Å². The first-order chi connectivity index (χ1) is 10.8. The van der Waals surface area contributed by atoms with Gasteiger partial charge in [0.2, 0.25) is 0 Å². The minimum Gasteiger partial charge on any atom is -0.444 e. The number of nitrogens with zero attached hydrogens (tertiary/aromatic N) is 2. The summed E-state index contributed by atoms with van der Waals surface area (Å²) in [6, 6.07) is 6.05. The van der Waals surface area contributed by atoms with Crippen molar-refractivity contribution >= 4 is 17.5 Å². The molecule has 126 valence electrons. The largest absolute Gasteiger partial charge is 0.444 e. The van der Waals surface area contributed by atoms with Crippen molar-refractivity contribution in [2.75, 3.05) is 23.7 Å². The van der Waals surface area contributed by atoms with Gasteiger partial charge in [0, 0.05) is 36.1 Å². The van der Waals surface area contributed by atoms with Crippen LogP contribution in [0.3, 0.4) is 0 Å². The van der Waals surface area contributed by atoms with Crippen molar-refractivity contribution < 1.29 is 14.6 Å². The number of piperazine rings is 1. The van der Waals surface area contributed by atoms with Crippen LogP contribution in [-0.4, -0.2) is 46.9 Å². The fourth-order valence-electron chi connectivity index (χ4n) is 3.52. The molecule has 23 heavy (non-hydrogen) atoms. The average Bonchev–Trinajstić information content (AvgIpc) is 3.05. The van der Waals surface area contributed by atoms with Gasteiger partial charge in [0.05, 0.1) is 12.6 Å². The van der Waals surface area contributed by atoms with Crippen molar-refractivity contribution in [2.45, 2.75) is 51.5 Å². The van der Waals surface area contributed by atoms with Crippen molar-refractivity contribution in [3.63, 3.8) is 0 Å². The summed E-state index contributed by atoms with van der Waals surface area (Å²) in [5, 5.41) is 9.57. The van der Waals surface area contributed by atoms with E-state index < -0.39 is 5.60 Å². The van der Waals surface area contributed by atoms with Crippen molar-refractivity contribution in [1.82, 2.24) is 4.90 Å². The van der Waals surface area contributed by atoms with Gasteiger partial charge in [0.1, 0.15) is 5.60 Å². The molecular weight excluding hydrogens is 294 g/mol. The molecule has 0 aromatic heterocycles. The topological polar surface area (TPSA) is 79.0 Å². The van der Waals surface area contributed by atoms with Crippen LogP contribution in [0.25, 0.3) is 0 Å². The third kappa shape index (κ3) is 3.08. The van der Waals surface area contributed by atoms with E-state index in [4.69, 9.17) is 10.5 Å². The highest BCUT2D eigenvalue weighted by Gasteiger charge is 2.46. The van der Waals surface area contributed by atoms with E-state index in [0.717, 1.165) is 24.2 Å². The smallest absolute Gasteiger partial charge is 0.410 e. The molecule has 1 aromatic rings. The number of fused-ring (bicyclic) bond motifs is 2. The number of ether oxygens (including phenoxy) is 1. The molecular formula is C17H25N3O3. The van der Waals surface area contributed by atoms with Gasteiger partial charge in [0.15, 0.2) is 0 Å². The molecule has 0 spiro atoms. The SMILES string of the molecule is CC(C)(C)OC(=O)N1CC2CC1CN2c1ccc(N)cc1CO. The number of hydrogen-bond acceptors (Lipinski definition) is 5. The molecule has 6 nitrogen and oxygen atoms in total. The van der Waals surface area contributed by atoms with Crippen LogP contribution in [0.15, 0.2) is 18.2 Å². The van der Waals surface area contributed by atoms with Crippen molar-refractivity contribution in [3.8, 4) is 0 Å². The standard InChI is InChI=1S/C17H25N3O3/c1-17(2,3)23-16(22)20-9-13-7-14(20)8-19(13)15-5-4-12(18)6-11(15)10-21/h4-6,13-14,21H,7-10,18H2,1-3H3. The zero-order valence-electron chi connectivity index (χ0n) is 14.0. The summed E-state index contributed by atoms with van der Waals surface area (Å²) in [7, 11) is 0. The molecule has 2 unspecified atom stereocenters. The molecule has 6 heteroatoms. The van der Waals surface area contributed by atoms with Gasteiger partial charge in [-0.15, -0.1) is 0 Å². The first kappa shape index (κ1) is 15.9. The van der Waals surface area contributed by atoms with Gasteiger partial charge in [-0.2, -0.15) is 0 Å². The highest BCUT2D eigenvalue weighted by molar-refractivity contribution is 5.71. The quantitative estimate of drug-likeness (QED) is 0.815. The highest BCUT2D eigenvalue weighted by Crippen LogP contribution is 2.37. The number of carbonyl (C=O) groups excluding carboxylic acids is 1. The second-order valence-corrected chi connectivity index (χ2v) is 7.37. The Morgan fingerprint density at radius 2 is 2.09 bits per heavy atom. The first-order valence-corrected chi connectivity index (χ1v) is 8.04. The summed E-state index contributed by atoms with van der Waals surface area (Å²) in [6.45, 7) is 7.04. The third-order valence-corrected chi connectivity index (χ3v) is 4.45. The number of hydrogen-bond donors (Lipinski definition) is 2. The summed E-state index contributed by atoms with van der Waals surface area (Å²) >= 11 is 0. The van der Waals surface area contributed by atoms with Crippen molar-refractivity contribution in [3.05, 3.63) is 23.8 Å². The van der Waals surface area contributed by atoms with Gasteiger partial charge < -0.3 is 25.4 Å². The Labute approximate surface area is 136 Å². The molecule has 0 aliphatic carbocycles. The van der Waals surface area contributed by atoms with Crippen LogP contribution in [0.2, 0.25) is 0 Å². The molecule has 3 N–H and O–H groups in total. The minimum atomic E-state index is -0.473. The fraction of sp³-hybridized carbons (Fsp3) is 0.588. The number of nitrogen functional groups attached to an aromatic ring is 1. The predicted octanol–water partition coefficient (Wildman–Crippen LogP) is 1.96. The fourth-order valence-corrected chi connectivity index (χ4v) is 3.52. The highest BCUT2D eigenvalue weighted by atomic mass is 16.6. The van der Waals surface area contributed by atoms with E-state index >= 15 is 0 Å². The Hall–Kier alpha value is -1.95. The van der Waals surface area contributed by atoms with Crippen LogP contribution in [0.4, 0.5) is 16.2 Å². The molecule has 1 aromatic carbocycles. The van der Waals surface area contributed by atoms with Crippen LogP contribution in [0.1, 0.15) is 32.8 Å². The lowest BCUT2D eigenvalue weighted by Gasteiger charge is -2.37. The van der Waals surface area contributed by atoms with Crippen LogP contribution in [0.5, 0.6) is 0 Å². The van der Waals surface area contributed by atoms with Gasteiger partial charge in [-0.1, -0.05) is 0 Å². The maximum atomic E-state index is 12.3. The van der Waals surface area contributed by atoms with Crippen LogP contribution < -0.4 is 10.6 Å². The van der Waals surface area contributed by atoms with Gasteiger partial charge in [-0.3, -0.25) is 0 Å². The van der Waals surface area contributed by atoms with Gasteiger partial charge in [-0.25, -0.2) is 4.79 Å². The number of anilines is 2. The predicted molar refractivity (Wildman–Crippen MR) is 89.3 cm³/mol. The number of aliphatic hydroxyl groups is 1. The Balaban J connectivity index is 1.73. The number of carbonyl (C=O) groups is 1. The second kappa shape index (κ2) is 5.60. The van der Waals surface area contributed by atoms with E-state index in [1.807, 2.05) is 43.9 Å². The molecule has 1 amide bonds. The molecule has 0 saturated carbocycles. The Morgan fingerprint density at radius 3 is 2.65 bits per heavy atom. The molecule has 2 fully saturated rings. The zero-order valence-corrected chi connectivity index (χ0v) is 14.0. The Morgan fingerprint density at radius 1 is 1.35 bits per heavy atom. The average molecular weight is 319 g/mol. The van der Waals surface area contributed by atoms with E-state index in [2.05, 4.69) is 4.90 Å². The molecule has 2 heterocycles. The molecule has 2 bridgehead atoms. The zero-order chi connectivity index (χ0) is 16.8. The molecule has 2 aliphatic heterocycles. The molecule has 2 saturated heterocycles. The monoisotopic (exact) mass is 319 g/mol. The number of amides is 1. The van der Waals surface area contributed by atoms with Gasteiger partial charge in [-0.05, 0) is 45.4 Å². The van der Waals surface area contributed by atoms with Crippen LogP contribution in [-0.2, 0) is 11.3 Å². The number of aliphatic hydroxyl groups excluding tert-OH is 1. The summed E-state index contributed by atoms with van der Waals surface area (Å²) in [6.07, 6.45) is 0.707. The van der Waals surface area contributed by atoms with Crippen molar-refractivity contribution in [1.29, 1.82) is 0 Å². The molecule has 2 aliphatic rings. The minimum absolute atomic E-state index is 0.0377. The maximum absolute atomic E-state index is 12.3. The third-order valence-electron chi connectivity index (χ3n) is 4.45. The lowest BCUT2D eigenvalue weighted by Crippen LogP contribution is -2.50. The number of likely N-dealkylation sites (tertiary alicyclic amines) is 1. The summed E-state index contributed by atoms with van der Waals surface area (Å²) in [5.41, 5.74) is 7.82. The summed E-state index contributed by atoms with van der Waals surface area (Å²) in [4.78, 5) is 16.4. The molecule has 2 atom stereocenters. The van der Waals surface area contributed by atoms with Crippen LogP contribution in [0, 0.1) is 0 Å². The first-order valence-electron chi connectivity index (χ1n) is 8.04. The lowest BCUT2D eigenvalue weighted by atomic mass is 10.1. The van der Waals surface area contributed by atoms with E-state index in [-0.39, 0.29) is 24.8 Å². The summed E-state index contributed by atoms with van der Waals surface area (Å²) < 4.78 is 5.49. The lowest BCUT2D eigenvalue weighted by molar-refractivity contribution is 0.0214. The normalized spacial score (nSPS) is 23.5. The Kier molecular flexibility index (Phi) is 3.88. The summed E-state index contributed by atoms with van der Waals surface area (Å²) in [5.74, 6) is 0. The second-order valence-electron chi connectivity index (χ2n) is 7.37. The van der Waals surface area contributed by atoms with E-state index in [0.29, 0.717) is 12.2 Å². The number of benzene rings is 1.